The molecule has 1 saturated heterocycles. The molecular formula is C9H7BrClNO2. The lowest BCUT2D eigenvalue weighted by molar-refractivity contribution is 0.177. The Morgan fingerprint density at radius 3 is 2.86 bits per heavy atom. The van der Waals surface area contributed by atoms with Gasteiger partial charge in [0.15, 0.2) is 0 Å². The number of amides is 1. The molecule has 1 amide bonds. The maximum absolute atomic E-state index is 10.8. The van der Waals surface area contributed by atoms with E-state index in [0.717, 1.165) is 10.0 Å². The quantitative estimate of drug-likeness (QED) is 0.856. The lowest BCUT2D eigenvalue weighted by Gasteiger charge is -2.08. The van der Waals surface area contributed by atoms with Crippen molar-refractivity contribution in [1.82, 2.24) is 5.32 Å². The first kappa shape index (κ1) is 9.80. The summed E-state index contributed by atoms with van der Waals surface area (Å²) in [6, 6.07) is 5.41. The second kappa shape index (κ2) is 3.79. The zero-order valence-electron chi connectivity index (χ0n) is 7.09. The number of ether oxygens (including phenoxy) is 1. The molecule has 1 fully saturated rings. The second-order valence-corrected chi connectivity index (χ2v) is 4.35. The van der Waals surface area contributed by atoms with Crippen molar-refractivity contribution < 1.29 is 9.53 Å². The second-order valence-electron chi connectivity index (χ2n) is 3.00. The summed E-state index contributed by atoms with van der Waals surface area (Å²) in [5, 5.41) is 3.32. The van der Waals surface area contributed by atoms with Gasteiger partial charge in [-0.2, -0.15) is 0 Å². The fourth-order valence-electron chi connectivity index (χ4n) is 1.34. The number of halogens is 2. The lowest BCUT2D eigenvalue weighted by Crippen LogP contribution is -2.18. The summed E-state index contributed by atoms with van der Waals surface area (Å²) >= 11 is 9.22. The minimum atomic E-state index is -0.383. The van der Waals surface area contributed by atoms with Gasteiger partial charge < -0.3 is 10.1 Å². The van der Waals surface area contributed by atoms with Crippen molar-refractivity contribution >= 4 is 33.6 Å². The van der Waals surface area contributed by atoms with Gasteiger partial charge in [0, 0.05) is 9.50 Å². The minimum Gasteiger partial charge on any atom is -0.447 e. The first-order valence-electron chi connectivity index (χ1n) is 4.04. The number of benzene rings is 1. The molecule has 14 heavy (non-hydrogen) atoms. The Labute approximate surface area is 94.5 Å². The van der Waals surface area contributed by atoms with Crippen LogP contribution < -0.4 is 5.32 Å². The normalized spacial score (nSPS) is 20.4. The highest BCUT2D eigenvalue weighted by Crippen LogP contribution is 2.25. The molecule has 0 spiro atoms. The summed E-state index contributed by atoms with van der Waals surface area (Å²) in [4.78, 5) is 10.8. The van der Waals surface area contributed by atoms with E-state index in [1.54, 1.807) is 6.07 Å². The summed E-state index contributed by atoms with van der Waals surface area (Å²) in [5.74, 6) is 0. The SMILES string of the molecule is O=C1NC(c2cc(Cl)cc(Br)c2)CO1. The number of alkyl carbamates (subject to hydrolysis) is 1. The monoisotopic (exact) mass is 275 g/mol. The van der Waals surface area contributed by atoms with E-state index in [0.29, 0.717) is 11.6 Å². The Bertz CT molecular complexity index is 363. The van der Waals surface area contributed by atoms with E-state index in [1.165, 1.54) is 0 Å². The van der Waals surface area contributed by atoms with Crippen LogP contribution in [-0.2, 0) is 4.74 Å². The topological polar surface area (TPSA) is 38.3 Å². The molecule has 1 atom stereocenters. The van der Waals surface area contributed by atoms with Gasteiger partial charge in [-0.1, -0.05) is 27.5 Å². The van der Waals surface area contributed by atoms with E-state index in [1.807, 2.05) is 12.1 Å². The number of carbonyl (C=O) groups is 1. The van der Waals surface area contributed by atoms with E-state index >= 15 is 0 Å². The molecule has 0 saturated carbocycles. The number of carbonyl (C=O) groups excluding carboxylic acids is 1. The average Bonchev–Trinajstić information content (AvgIpc) is 2.50. The lowest BCUT2D eigenvalue weighted by atomic mass is 10.1. The van der Waals surface area contributed by atoms with Crippen molar-refractivity contribution in [3.8, 4) is 0 Å². The van der Waals surface area contributed by atoms with E-state index < -0.39 is 0 Å². The molecule has 5 heteroatoms. The summed E-state index contributed by atoms with van der Waals surface area (Å²) in [7, 11) is 0. The molecule has 1 aromatic carbocycles. The van der Waals surface area contributed by atoms with Crippen LogP contribution in [0.2, 0.25) is 5.02 Å². The van der Waals surface area contributed by atoms with Crippen LogP contribution in [-0.4, -0.2) is 12.7 Å². The van der Waals surface area contributed by atoms with Crippen LogP contribution in [0.4, 0.5) is 4.79 Å². The van der Waals surface area contributed by atoms with Crippen molar-refractivity contribution in [3.63, 3.8) is 0 Å². The standard InChI is InChI=1S/C9H7BrClNO2/c10-6-1-5(2-7(11)3-6)8-4-14-9(13)12-8/h1-3,8H,4H2,(H,12,13). The van der Waals surface area contributed by atoms with Gasteiger partial charge in [0.25, 0.3) is 0 Å². The fourth-order valence-corrected chi connectivity index (χ4v) is 2.23. The molecule has 2 rings (SSSR count). The van der Waals surface area contributed by atoms with Crippen LogP contribution in [0.1, 0.15) is 11.6 Å². The Morgan fingerprint density at radius 2 is 2.29 bits per heavy atom. The van der Waals surface area contributed by atoms with Gasteiger partial charge in [-0.25, -0.2) is 4.79 Å². The maximum atomic E-state index is 10.8. The zero-order chi connectivity index (χ0) is 10.1. The van der Waals surface area contributed by atoms with Crippen LogP contribution in [0.3, 0.4) is 0 Å². The maximum Gasteiger partial charge on any atom is 0.407 e. The molecule has 0 bridgehead atoms. The molecule has 3 nitrogen and oxygen atoms in total. The minimum absolute atomic E-state index is 0.0995. The van der Waals surface area contributed by atoms with Gasteiger partial charge in [0.05, 0.1) is 6.04 Å². The van der Waals surface area contributed by atoms with Gasteiger partial charge in [-0.15, -0.1) is 0 Å². The first-order valence-corrected chi connectivity index (χ1v) is 5.21. The zero-order valence-corrected chi connectivity index (χ0v) is 9.43. The number of hydrogen-bond acceptors (Lipinski definition) is 2. The Hall–Kier alpha value is -0.740. The van der Waals surface area contributed by atoms with Crippen molar-refractivity contribution in [2.24, 2.45) is 0 Å². The molecule has 1 aliphatic rings. The Kier molecular flexibility index (Phi) is 2.65. The molecule has 0 aliphatic carbocycles. The molecule has 0 radical (unpaired) electrons. The highest BCUT2D eigenvalue weighted by atomic mass is 79.9. The van der Waals surface area contributed by atoms with Crippen molar-refractivity contribution in [3.05, 3.63) is 33.3 Å². The van der Waals surface area contributed by atoms with Crippen LogP contribution in [0.5, 0.6) is 0 Å². The molecule has 1 heterocycles. The van der Waals surface area contributed by atoms with Crippen molar-refractivity contribution in [2.45, 2.75) is 6.04 Å². The number of cyclic esters (lactones) is 1. The third-order valence-electron chi connectivity index (χ3n) is 1.96. The molecule has 1 N–H and O–H groups in total. The van der Waals surface area contributed by atoms with Crippen LogP contribution in [0, 0.1) is 0 Å². The number of rotatable bonds is 1. The predicted molar refractivity (Wildman–Crippen MR) is 56.4 cm³/mol. The third kappa shape index (κ3) is 2.01. The van der Waals surface area contributed by atoms with E-state index in [4.69, 9.17) is 16.3 Å². The fraction of sp³-hybridized carbons (Fsp3) is 0.222. The predicted octanol–water partition coefficient (Wildman–Crippen LogP) is 2.88. The molecular weight excluding hydrogens is 269 g/mol. The summed E-state index contributed by atoms with van der Waals surface area (Å²) in [6.07, 6.45) is -0.383. The van der Waals surface area contributed by atoms with Gasteiger partial charge >= 0.3 is 6.09 Å². The van der Waals surface area contributed by atoms with Gasteiger partial charge in [0.2, 0.25) is 0 Å². The largest absolute Gasteiger partial charge is 0.447 e. The molecule has 1 aromatic rings. The Morgan fingerprint density at radius 1 is 1.50 bits per heavy atom. The third-order valence-corrected chi connectivity index (χ3v) is 2.64. The first-order chi connectivity index (χ1) is 6.65. The summed E-state index contributed by atoms with van der Waals surface area (Å²) < 4.78 is 5.68. The highest BCUT2D eigenvalue weighted by Gasteiger charge is 2.23. The van der Waals surface area contributed by atoms with Crippen LogP contribution >= 0.6 is 27.5 Å². The van der Waals surface area contributed by atoms with E-state index in [-0.39, 0.29) is 12.1 Å². The van der Waals surface area contributed by atoms with Gasteiger partial charge in [0.1, 0.15) is 6.61 Å². The summed E-state index contributed by atoms with van der Waals surface area (Å²) in [6.45, 7) is 0.353. The van der Waals surface area contributed by atoms with Gasteiger partial charge in [-0.05, 0) is 23.8 Å². The molecule has 1 aliphatic heterocycles. The van der Waals surface area contributed by atoms with Crippen LogP contribution in [0.25, 0.3) is 0 Å². The molecule has 74 valence electrons. The average molecular weight is 277 g/mol. The highest BCUT2D eigenvalue weighted by molar-refractivity contribution is 9.10. The molecule has 1 unspecified atom stereocenters. The van der Waals surface area contributed by atoms with Crippen LogP contribution in [0.15, 0.2) is 22.7 Å². The van der Waals surface area contributed by atoms with Crippen molar-refractivity contribution in [1.29, 1.82) is 0 Å². The van der Waals surface area contributed by atoms with Gasteiger partial charge in [-0.3, -0.25) is 0 Å². The van der Waals surface area contributed by atoms with E-state index in [9.17, 15) is 4.79 Å². The van der Waals surface area contributed by atoms with E-state index in [2.05, 4.69) is 21.2 Å². The molecule has 0 aromatic heterocycles. The number of nitrogens with one attached hydrogen (secondary N) is 1. The summed E-state index contributed by atoms with van der Waals surface area (Å²) in [5.41, 5.74) is 0.940. The smallest absolute Gasteiger partial charge is 0.407 e. The Balaban J connectivity index is 2.27. The number of hydrogen-bond donors (Lipinski definition) is 1. The van der Waals surface area contributed by atoms with Crippen molar-refractivity contribution in [2.75, 3.05) is 6.61 Å².